The summed E-state index contributed by atoms with van der Waals surface area (Å²) in [5.41, 5.74) is 3.04. The molecule has 4 bridgehead atoms. The zero-order chi connectivity index (χ0) is 38.5. The van der Waals surface area contributed by atoms with Crippen LogP contribution in [0.3, 0.4) is 0 Å². The first-order chi connectivity index (χ1) is 24.8. The molecule has 3 heterocycles. The molecular weight excluding hydrogens is 686 g/mol. The van der Waals surface area contributed by atoms with Gasteiger partial charge < -0.3 is 19.8 Å². The Hall–Kier alpha value is -3.44. The molecule has 0 unspecified atom stereocenters. The molecule has 0 spiro atoms. The lowest BCUT2D eigenvalue weighted by Gasteiger charge is -2.04. The first-order valence-electron chi connectivity index (χ1n) is 19.0. The van der Waals surface area contributed by atoms with Gasteiger partial charge in [0, 0.05) is 36.1 Å². The van der Waals surface area contributed by atoms with Crippen molar-refractivity contribution in [2.75, 3.05) is 0 Å². The molecular formula is C40H58F6N2O4. The largest absolute Gasteiger partial charge is 0.542 e. The average Bonchev–Trinajstić information content (AvgIpc) is 3.08. The van der Waals surface area contributed by atoms with Crippen LogP contribution in [0.4, 0.5) is 26.3 Å². The van der Waals surface area contributed by atoms with E-state index in [2.05, 4.69) is 70.3 Å². The molecule has 0 aliphatic carbocycles. The molecule has 1 aliphatic heterocycles. The molecule has 6 nitrogen and oxygen atoms in total. The van der Waals surface area contributed by atoms with Crippen LogP contribution in [0.5, 0.6) is 0 Å². The number of aliphatic carboxylic acids is 2. The quantitative estimate of drug-likeness (QED) is 0.155. The summed E-state index contributed by atoms with van der Waals surface area (Å²) in [5, 5.41) is 17.6. The van der Waals surface area contributed by atoms with E-state index in [4.69, 9.17) is 19.8 Å². The van der Waals surface area contributed by atoms with Gasteiger partial charge in [0.15, 0.2) is 24.8 Å². The van der Waals surface area contributed by atoms with Crippen molar-refractivity contribution in [3.05, 3.63) is 72.3 Å². The summed E-state index contributed by atoms with van der Waals surface area (Å²) in [4.78, 5) is 17.6. The third kappa shape index (κ3) is 26.4. The van der Waals surface area contributed by atoms with Gasteiger partial charge in [0.05, 0.1) is 0 Å². The maximum atomic E-state index is 10.5. The number of carbonyl (C=O) groups excluding carboxylic acids is 2. The lowest BCUT2D eigenvalue weighted by Crippen LogP contribution is -2.37. The van der Waals surface area contributed by atoms with Gasteiger partial charge in [0.1, 0.15) is 25.0 Å². The Balaban J connectivity index is 0.000000812. The van der Waals surface area contributed by atoms with Crippen LogP contribution in [0.1, 0.15) is 140 Å². The van der Waals surface area contributed by atoms with E-state index < -0.39 is 24.3 Å². The number of hydrogen-bond donors (Lipinski definition) is 0. The van der Waals surface area contributed by atoms with Crippen LogP contribution < -0.4 is 19.3 Å². The number of carbonyl (C=O) groups is 2. The Morgan fingerprint density at radius 2 is 0.769 bits per heavy atom. The molecule has 12 heteroatoms. The van der Waals surface area contributed by atoms with Gasteiger partial charge in [-0.3, -0.25) is 0 Å². The zero-order valence-corrected chi connectivity index (χ0v) is 30.5. The van der Waals surface area contributed by atoms with E-state index in [1.54, 1.807) is 0 Å². The SMILES string of the molecule is C1=C\CCCCCC[n+]2cccc(c2)CCCCCCCCCCCC[n+]2cccc(c2)CCCCCC/1.O=C([O-])C(F)(F)F.O=C([O-])C(F)(F)F. The monoisotopic (exact) mass is 744 g/mol. The Morgan fingerprint density at radius 1 is 0.481 bits per heavy atom. The lowest BCUT2D eigenvalue weighted by atomic mass is 10.0. The van der Waals surface area contributed by atoms with Crippen molar-refractivity contribution in [2.45, 2.75) is 167 Å². The molecule has 0 saturated carbocycles. The summed E-state index contributed by atoms with van der Waals surface area (Å²) in [5.74, 6) is -6.01. The fourth-order valence-electron chi connectivity index (χ4n) is 5.85. The Morgan fingerprint density at radius 3 is 1.10 bits per heavy atom. The summed E-state index contributed by atoms with van der Waals surface area (Å²) in [6.07, 6.45) is 33.5. The zero-order valence-electron chi connectivity index (χ0n) is 30.5. The smallest absolute Gasteiger partial charge is 0.430 e. The topological polar surface area (TPSA) is 88.0 Å². The number of allylic oxidation sites excluding steroid dienone is 2. The van der Waals surface area contributed by atoms with E-state index >= 15 is 0 Å². The number of aromatic nitrogens is 2. The van der Waals surface area contributed by atoms with Gasteiger partial charge in [-0.1, -0.05) is 76.4 Å². The van der Waals surface area contributed by atoms with Crippen molar-refractivity contribution < 1.29 is 55.3 Å². The van der Waals surface area contributed by atoms with Crippen molar-refractivity contribution in [3.8, 4) is 0 Å². The number of pyridine rings is 2. The first kappa shape index (κ1) is 46.6. The minimum atomic E-state index is -5.19. The van der Waals surface area contributed by atoms with Gasteiger partial charge in [-0.15, -0.1) is 0 Å². The fraction of sp³-hybridized carbons (Fsp3) is 0.650. The highest BCUT2D eigenvalue weighted by molar-refractivity contribution is 5.71. The Bertz CT molecular complexity index is 1170. The summed E-state index contributed by atoms with van der Waals surface area (Å²) >= 11 is 0. The number of halogens is 6. The molecule has 294 valence electrons. The van der Waals surface area contributed by atoms with E-state index in [-0.39, 0.29) is 0 Å². The number of carboxylic acid groups (broad SMARTS) is 2. The van der Waals surface area contributed by atoms with Crippen LogP contribution in [0.15, 0.2) is 61.2 Å². The van der Waals surface area contributed by atoms with Crippen molar-refractivity contribution in [3.63, 3.8) is 0 Å². The second kappa shape index (κ2) is 28.1. The summed E-state index contributed by atoms with van der Waals surface area (Å²) in [7, 11) is 0. The van der Waals surface area contributed by atoms with Crippen LogP contribution in [0, 0.1) is 0 Å². The van der Waals surface area contributed by atoms with Gasteiger partial charge in [0.2, 0.25) is 0 Å². The van der Waals surface area contributed by atoms with Crippen LogP contribution >= 0.6 is 0 Å². The second-order valence-electron chi connectivity index (χ2n) is 13.4. The van der Waals surface area contributed by atoms with Crippen molar-refractivity contribution in [1.29, 1.82) is 0 Å². The fourth-order valence-corrected chi connectivity index (χ4v) is 5.85. The number of hydrogen-bond acceptors (Lipinski definition) is 4. The molecule has 0 aromatic carbocycles. The highest BCUT2D eigenvalue weighted by Crippen LogP contribution is 2.14. The van der Waals surface area contributed by atoms with E-state index in [1.165, 1.54) is 165 Å². The highest BCUT2D eigenvalue weighted by atomic mass is 19.4. The van der Waals surface area contributed by atoms with Crippen LogP contribution in [-0.2, 0) is 35.5 Å². The molecule has 0 radical (unpaired) electrons. The number of rotatable bonds is 0. The van der Waals surface area contributed by atoms with E-state index in [1.807, 2.05) is 0 Å². The van der Waals surface area contributed by atoms with Crippen molar-refractivity contribution >= 4 is 11.9 Å². The molecule has 2 aromatic heterocycles. The maximum absolute atomic E-state index is 10.5. The lowest BCUT2D eigenvalue weighted by molar-refractivity contribution is -0.697. The molecule has 0 atom stereocenters. The summed E-state index contributed by atoms with van der Waals surface area (Å²) in [6, 6.07) is 9.15. The maximum Gasteiger partial charge on any atom is 0.430 e. The van der Waals surface area contributed by atoms with Gasteiger partial charge in [-0.25, -0.2) is 9.13 Å². The first-order valence-corrected chi connectivity index (χ1v) is 19.0. The molecule has 2 aromatic rings. The van der Waals surface area contributed by atoms with Crippen LogP contribution in [0.25, 0.3) is 0 Å². The van der Waals surface area contributed by atoms with Gasteiger partial charge in [-0.05, 0) is 76.3 Å². The van der Waals surface area contributed by atoms with E-state index in [0.717, 1.165) is 0 Å². The third-order valence-corrected chi connectivity index (χ3v) is 8.72. The normalized spacial score (nSPS) is 18.0. The minimum Gasteiger partial charge on any atom is -0.542 e. The molecule has 0 amide bonds. The number of aryl methyl sites for hydroxylation is 4. The predicted octanol–water partition coefficient (Wildman–Crippen LogP) is 8.02. The number of carboxylic acids is 2. The van der Waals surface area contributed by atoms with E-state index in [9.17, 15) is 26.3 Å². The number of fused-ring (bicyclic) bond motifs is 4. The summed E-state index contributed by atoms with van der Waals surface area (Å²) < 4.78 is 67.9. The van der Waals surface area contributed by atoms with Gasteiger partial charge in [-0.2, -0.15) is 26.3 Å². The Kier molecular flexibility index (Phi) is 25.2. The number of nitrogens with zero attached hydrogens (tertiary/aromatic N) is 2. The van der Waals surface area contributed by atoms with Gasteiger partial charge >= 0.3 is 12.4 Å². The molecule has 1 aliphatic rings. The predicted molar refractivity (Wildman–Crippen MR) is 184 cm³/mol. The third-order valence-electron chi connectivity index (χ3n) is 8.72. The molecule has 3 rings (SSSR count). The minimum absolute atomic E-state index is 1.17. The summed E-state index contributed by atoms with van der Waals surface area (Å²) in [6.45, 7) is 2.36. The van der Waals surface area contributed by atoms with Crippen LogP contribution in [0.2, 0.25) is 0 Å². The number of alkyl halides is 6. The highest BCUT2D eigenvalue weighted by Gasteiger charge is 2.29. The van der Waals surface area contributed by atoms with Crippen molar-refractivity contribution in [2.24, 2.45) is 0 Å². The molecule has 0 saturated heterocycles. The Labute approximate surface area is 306 Å². The molecule has 0 N–H and O–H groups in total. The standard InChI is InChI=1S/C36H58N2.2C2HF3O2/c1-2-5-9-13-17-21-29-37-31-24-28-36(34-37)26-20-16-12-8-4-6-10-14-18-22-30-38-32-23-27-35(33-38)25-19-15-11-7-3-1;2*3-2(4,5)1(6)7/h1-2,23-24,27-28,31-34H,3-22,25-26,29-30H2;2*(H,6,7)/q+2;;/p-2/b2-1-;;. The van der Waals surface area contributed by atoms with Crippen LogP contribution in [-0.4, -0.2) is 24.3 Å². The molecule has 0 fully saturated rings. The average molecular weight is 745 g/mol. The van der Waals surface area contributed by atoms with Gasteiger partial charge in [0.25, 0.3) is 0 Å². The molecule has 52 heavy (non-hydrogen) atoms. The van der Waals surface area contributed by atoms with Crippen molar-refractivity contribution in [1.82, 2.24) is 0 Å². The van der Waals surface area contributed by atoms with E-state index in [0.29, 0.717) is 0 Å². The second-order valence-corrected chi connectivity index (χ2v) is 13.4.